The first-order chi connectivity index (χ1) is 13.7. The summed E-state index contributed by atoms with van der Waals surface area (Å²) in [6, 6.07) is 16.2. The summed E-state index contributed by atoms with van der Waals surface area (Å²) in [5, 5.41) is 3.13. The van der Waals surface area contributed by atoms with Gasteiger partial charge in [-0.1, -0.05) is 6.07 Å². The van der Waals surface area contributed by atoms with Crippen molar-refractivity contribution in [2.45, 2.75) is 0 Å². The minimum Gasteiger partial charge on any atom is -0.497 e. The highest BCUT2D eigenvalue weighted by Crippen LogP contribution is 2.22. The van der Waals surface area contributed by atoms with E-state index in [2.05, 4.69) is 37.2 Å². The molecule has 0 aliphatic carbocycles. The fraction of sp³-hybridized carbons (Fsp3) is 0.238. The van der Waals surface area contributed by atoms with Gasteiger partial charge in [-0.15, -0.1) is 0 Å². The van der Waals surface area contributed by atoms with Crippen molar-refractivity contribution < 1.29 is 9.13 Å². The quantitative estimate of drug-likeness (QED) is 0.730. The summed E-state index contributed by atoms with van der Waals surface area (Å²) in [7, 11) is 1.67. The highest BCUT2D eigenvalue weighted by Gasteiger charge is 2.19. The molecule has 4 rings (SSSR count). The van der Waals surface area contributed by atoms with E-state index < -0.39 is 0 Å². The summed E-state index contributed by atoms with van der Waals surface area (Å²) < 4.78 is 18.6. The lowest BCUT2D eigenvalue weighted by atomic mass is 10.2. The first kappa shape index (κ1) is 18.0. The summed E-state index contributed by atoms with van der Waals surface area (Å²) in [5.74, 6) is 1.90. The number of nitrogens with one attached hydrogen (secondary N) is 1. The molecule has 28 heavy (non-hydrogen) atoms. The molecule has 6 nitrogen and oxygen atoms in total. The number of aromatic nitrogens is 2. The average Bonchev–Trinajstić information content (AvgIpc) is 2.74. The monoisotopic (exact) mass is 379 g/mol. The van der Waals surface area contributed by atoms with Crippen molar-refractivity contribution >= 4 is 23.1 Å². The Balaban J connectivity index is 1.40. The molecule has 0 saturated carbocycles. The van der Waals surface area contributed by atoms with Crippen LogP contribution in [0.25, 0.3) is 0 Å². The first-order valence-corrected chi connectivity index (χ1v) is 9.21. The predicted molar refractivity (Wildman–Crippen MR) is 109 cm³/mol. The van der Waals surface area contributed by atoms with Gasteiger partial charge in [0.1, 0.15) is 17.4 Å². The van der Waals surface area contributed by atoms with Crippen molar-refractivity contribution in [2.24, 2.45) is 0 Å². The fourth-order valence-corrected chi connectivity index (χ4v) is 3.24. The lowest BCUT2D eigenvalue weighted by Crippen LogP contribution is -2.47. The second-order valence-electron chi connectivity index (χ2n) is 6.55. The van der Waals surface area contributed by atoms with E-state index >= 15 is 0 Å². The molecular weight excluding hydrogens is 357 g/mol. The molecule has 2 aromatic carbocycles. The summed E-state index contributed by atoms with van der Waals surface area (Å²) in [4.78, 5) is 13.5. The molecule has 0 radical (unpaired) electrons. The van der Waals surface area contributed by atoms with Crippen LogP contribution in [0.1, 0.15) is 0 Å². The van der Waals surface area contributed by atoms with Crippen LogP contribution in [0.4, 0.5) is 27.5 Å². The highest BCUT2D eigenvalue weighted by atomic mass is 19.1. The summed E-state index contributed by atoms with van der Waals surface area (Å²) >= 11 is 0. The third kappa shape index (κ3) is 4.14. The van der Waals surface area contributed by atoms with E-state index in [-0.39, 0.29) is 5.82 Å². The molecule has 3 aromatic rings. The number of hydrogen-bond acceptors (Lipinski definition) is 6. The minimum atomic E-state index is -0.283. The van der Waals surface area contributed by atoms with Crippen LogP contribution in [0.5, 0.6) is 5.75 Å². The third-order valence-electron chi connectivity index (χ3n) is 4.74. The van der Waals surface area contributed by atoms with Crippen LogP contribution < -0.4 is 19.9 Å². The average molecular weight is 379 g/mol. The Labute approximate surface area is 163 Å². The number of hydrogen-bond donors (Lipinski definition) is 1. The lowest BCUT2D eigenvalue weighted by Gasteiger charge is -2.36. The Morgan fingerprint density at radius 2 is 1.71 bits per heavy atom. The van der Waals surface area contributed by atoms with E-state index in [1.807, 2.05) is 12.1 Å². The van der Waals surface area contributed by atoms with Crippen molar-refractivity contribution in [1.82, 2.24) is 9.97 Å². The molecule has 0 atom stereocenters. The third-order valence-corrected chi connectivity index (χ3v) is 4.74. The Morgan fingerprint density at radius 3 is 2.43 bits per heavy atom. The second-order valence-corrected chi connectivity index (χ2v) is 6.55. The maximum absolute atomic E-state index is 13.4. The van der Waals surface area contributed by atoms with Gasteiger partial charge in [-0.2, -0.15) is 4.98 Å². The van der Waals surface area contributed by atoms with Crippen LogP contribution in [-0.2, 0) is 0 Å². The Hall–Kier alpha value is -3.35. The molecule has 0 spiro atoms. The molecule has 0 bridgehead atoms. The van der Waals surface area contributed by atoms with Gasteiger partial charge in [-0.25, -0.2) is 9.37 Å². The van der Waals surface area contributed by atoms with E-state index in [4.69, 9.17) is 4.74 Å². The SMILES string of the molecule is COc1ccc(N2CCN(c3nccc(Nc4cccc(F)c4)n3)CC2)cc1. The molecule has 1 saturated heterocycles. The lowest BCUT2D eigenvalue weighted by molar-refractivity contribution is 0.415. The minimum absolute atomic E-state index is 0.283. The molecule has 1 aliphatic rings. The summed E-state index contributed by atoms with van der Waals surface area (Å²) in [6.45, 7) is 3.43. The van der Waals surface area contributed by atoms with Crippen LogP contribution >= 0.6 is 0 Å². The molecule has 1 aromatic heterocycles. The van der Waals surface area contributed by atoms with E-state index in [1.54, 1.807) is 31.5 Å². The molecule has 1 N–H and O–H groups in total. The molecule has 144 valence electrons. The number of methoxy groups -OCH3 is 1. The van der Waals surface area contributed by atoms with Gasteiger partial charge in [-0.3, -0.25) is 0 Å². The smallest absolute Gasteiger partial charge is 0.227 e. The zero-order valence-electron chi connectivity index (χ0n) is 15.7. The number of rotatable bonds is 5. The maximum atomic E-state index is 13.4. The number of anilines is 4. The van der Waals surface area contributed by atoms with Gasteiger partial charge in [-0.05, 0) is 48.5 Å². The van der Waals surface area contributed by atoms with Gasteiger partial charge in [0.15, 0.2) is 0 Å². The standard InChI is InChI=1S/C21H22FN5O/c1-28-19-7-5-18(6-8-19)26-11-13-27(14-12-26)21-23-10-9-20(25-21)24-17-4-2-3-16(22)15-17/h2-10,15H,11-14H2,1H3,(H,23,24,25). The van der Waals surface area contributed by atoms with Gasteiger partial charge in [0.05, 0.1) is 7.11 Å². The van der Waals surface area contributed by atoms with Crippen LogP contribution in [-0.4, -0.2) is 43.3 Å². The Bertz CT molecular complexity index is 926. The number of benzene rings is 2. The zero-order valence-corrected chi connectivity index (χ0v) is 15.7. The van der Waals surface area contributed by atoms with E-state index in [0.717, 1.165) is 31.9 Å². The largest absolute Gasteiger partial charge is 0.497 e. The van der Waals surface area contributed by atoms with E-state index in [9.17, 15) is 4.39 Å². The van der Waals surface area contributed by atoms with Crippen LogP contribution in [0.15, 0.2) is 60.8 Å². The van der Waals surface area contributed by atoms with Gasteiger partial charge in [0, 0.05) is 43.8 Å². The van der Waals surface area contributed by atoms with Crippen molar-refractivity contribution in [2.75, 3.05) is 48.4 Å². The van der Waals surface area contributed by atoms with Crippen LogP contribution in [0.2, 0.25) is 0 Å². The number of halogens is 1. The van der Waals surface area contributed by atoms with Gasteiger partial charge in [0.25, 0.3) is 0 Å². The first-order valence-electron chi connectivity index (χ1n) is 9.21. The van der Waals surface area contributed by atoms with Crippen LogP contribution in [0, 0.1) is 5.82 Å². The van der Waals surface area contributed by atoms with Crippen molar-refractivity contribution in [3.8, 4) is 5.75 Å². The molecule has 0 amide bonds. The fourth-order valence-electron chi connectivity index (χ4n) is 3.24. The summed E-state index contributed by atoms with van der Waals surface area (Å²) in [5.41, 5.74) is 1.84. The van der Waals surface area contributed by atoms with Crippen molar-refractivity contribution in [1.29, 1.82) is 0 Å². The number of piperazine rings is 1. The second kappa shape index (κ2) is 8.12. The van der Waals surface area contributed by atoms with Crippen LogP contribution in [0.3, 0.4) is 0 Å². The predicted octanol–water partition coefficient (Wildman–Crippen LogP) is 3.69. The zero-order chi connectivity index (χ0) is 19.3. The maximum Gasteiger partial charge on any atom is 0.227 e. The van der Waals surface area contributed by atoms with E-state index in [0.29, 0.717) is 17.5 Å². The Kier molecular flexibility index (Phi) is 5.23. The molecular formula is C21H22FN5O. The topological polar surface area (TPSA) is 53.5 Å². The Morgan fingerprint density at radius 1 is 0.964 bits per heavy atom. The normalized spacial score (nSPS) is 14.1. The van der Waals surface area contributed by atoms with Gasteiger partial charge >= 0.3 is 0 Å². The van der Waals surface area contributed by atoms with Crippen molar-refractivity contribution in [3.05, 3.63) is 66.6 Å². The molecule has 1 aliphatic heterocycles. The van der Waals surface area contributed by atoms with Crippen molar-refractivity contribution in [3.63, 3.8) is 0 Å². The molecule has 2 heterocycles. The van der Waals surface area contributed by atoms with Gasteiger partial charge < -0.3 is 19.9 Å². The van der Waals surface area contributed by atoms with Gasteiger partial charge in [0.2, 0.25) is 5.95 Å². The molecule has 1 fully saturated rings. The number of nitrogens with zero attached hydrogens (tertiary/aromatic N) is 4. The summed E-state index contributed by atoms with van der Waals surface area (Å²) in [6.07, 6.45) is 1.72. The van der Waals surface area contributed by atoms with E-state index in [1.165, 1.54) is 17.8 Å². The molecule has 0 unspecified atom stereocenters. The molecule has 7 heteroatoms. The highest BCUT2D eigenvalue weighted by molar-refractivity contribution is 5.57. The number of ether oxygens (including phenoxy) is 1.